The molecule has 0 saturated carbocycles. The third kappa shape index (κ3) is 5.20. The first kappa shape index (κ1) is 14.7. The van der Waals surface area contributed by atoms with Gasteiger partial charge in [-0.05, 0) is 38.0 Å². The van der Waals surface area contributed by atoms with Crippen molar-refractivity contribution >= 4 is 23.3 Å². The van der Waals surface area contributed by atoms with Gasteiger partial charge in [-0.2, -0.15) is 5.10 Å². The maximum atomic E-state index is 11.8. The Morgan fingerprint density at radius 1 is 1.26 bits per heavy atom. The molecule has 1 amide bonds. The van der Waals surface area contributed by atoms with E-state index in [9.17, 15) is 4.79 Å². The Bertz CT molecular complexity index is 530. The van der Waals surface area contributed by atoms with Gasteiger partial charge in [0.05, 0.1) is 6.42 Å². The summed E-state index contributed by atoms with van der Waals surface area (Å²) in [5.41, 5.74) is 13.7. The molecular weight excluding hydrogens is 242 g/mol. The number of anilines is 1. The molecule has 0 heterocycles. The van der Waals surface area contributed by atoms with Gasteiger partial charge < -0.3 is 16.8 Å². The first-order chi connectivity index (χ1) is 8.88. The van der Waals surface area contributed by atoms with E-state index in [1.165, 1.54) is 0 Å². The summed E-state index contributed by atoms with van der Waals surface area (Å²) in [4.78, 5) is 11.8. The van der Waals surface area contributed by atoms with E-state index in [0.717, 1.165) is 16.8 Å². The summed E-state index contributed by atoms with van der Waals surface area (Å²) < 4.78 is 0. The van der Waals surface area contributed by atoms with E-state index in [1.54, 1.807) is 6.92 Å². The first-order valence-electron chi connectivity index (χ1n) is 5.87. The molecule has 1 aromatic carbocycles. The van der Waals surface area contributed by atoms with Crippen LogP contribution in [-0.2, 0) is 4.79 Å². The molecule has 0 spiro atoms. The highest BCUT2D eigenvalue weighted by molar-refractivity contribution is 6.05. The molecule has 0 atom stereocenters. The third-order valence-corrected chi connectivity index (χ3v) is 2.42. The number of benzene rings is 1. The van der Waals surface area contributed by atoms with Crippen molar-refractivity contribution in [3.8, 4) is 0 Å². The van der Waals surface area contributed by atoms with E-state index in [2.05, 4.69) is 15.5 Å². The molecule has 0 aliphatic carbocycles. The number of nitrogens with one attached hydrogen (secondary N) is 1. The van der Waals surface area contributed by atoms with Gasteiger partial charge in [-0.3, -0.25) is 4.79 Å². The number of carbonyl (C=O) groups excluding carboxylic acids is 1. The fourth-order valence-corrected chi connectivity index (χ4v) is 1.48. The maximum absolute atomic E-state index is 11.8. The van der Waals surface area contributed by atoms with Gasteiger partial charge in [-0.15, -0.1) is 5.10 Å². The summed E-state index contributed by atoms with van der Waals surface area (Å²) in [6.45, 7) is 5.60. The van der Waals surface area contributed by atoms with Crippen molar-refractivity contribution in [3.05, 3.63) is 29.3 Å². The van der Waals surface area contributed by atoms with Gasteiger partial charge in [0.1, 0.15) is 0 Å². The Morgan fingerprint density at radius 2 is 1.95 bits per heavy atom. The molecule has 0 saturated heterocycles. The molecule has 0 aliphatic rings. The van der Waals surface area contributed by atoms with Crippen molar-refractivity contribution in [2.45, 2.75) is 27.2 Å². The highest BCUT2D eigenvalue weighted by Gasteiger charge is 2.06. The molecule has 0 fully saturated rings. The summed E-state index contributed by atoms with van der Waals surface area (Å²) in [5, 5.41) is 10.1. The molecule has 5 N–H and O–H groups in total. The average Bonchev–Trinajstić information content (AvgIpc) is 2.31. The summed E-state index contributed by atoms with van der Waals surface area (Å²) in [5.74, 6) is -0.282. The van der Waals surface area contributed by atoms with Crippen molar-refractivity contribution in [2.75, 3.05) is 5.32 Å². The summed E-state index contributed by atoms with van der Waals surface area (Å²) in [7, 11) is 0. The van der Waals surface area contributed by atoms with E-state index >= 15 is 0 Å². The van der Waals surface area contributed by atoms with Gasteiger partial charge in [0.15, 0.2) is 0 Å². The van der Waals surface area contributed by atoms with E-state index in [1.807, 2.05) is 32.0 Å². The maximum Gasteiger partial charge on any atom is 0.230 e. The predicted molar refractivity (Wildman–Crippen MR) is 78.1 cm³/mol. The topological polar surface area (TPSA) is 106 Å². The lowest BCUT2D eigenvalue weighted by Crippen LogP contribution is -2.22. The molecule has 0 aromatic heterocycles. The molecule has 6 nitrogen and oxygen atoms in total. The molecule has 0 unspecified atom stereocenters. The number of hydrogen-bond donors (Lipinski definition) is 3. The SMILES string of the molecule is C/C(CC(=O)Nc1cc(C)ccc1C)=N/N=C(N)N. The van der Waals surface area contributed by atoms with Crippen LogP contribution < -0.4 is 16.8 Å². The number of hydrogen-bond acceptors (Lipinski definition) is 3. The second-order valence-corrected chi connectivity index (χ2v) is 4.40. The second-order valence-electron chi connectivity index (χ2n) is 4.40. The Kier molecular flexibility index (Phi) is 5.05. The smallest absolute Gasteiger partial charge is 0.230 e. The number of guanidine groups is 1. The van der Waals surface area contributed by atoms with E-state index in [4.69, 9.17) is 11.5 Å². The van der Waals surface area contributed by atoms with Crippen LogP contribution in [0.2, 0.25) is 0 Å². The normalized spacial score (nSPS) is 11.0. The van der Waals surface area contributed by atoms with E-state index < -0.39 is 0 Å². The number of rotatable bonds is 4. The molecule has 102 valence electrons. The van der Waals surface area contributed by atoms with Crippen LogP contribution in [0.15, 0.2) is 28.4 Å². The zero-order chi connectivity index (χ0) is 14.4. The molecule has 0 radical (unpaired) electrons. The Labute approximate surface area is 112 Å². The predicted octanol–water partition coefficient (Wildman–Crippen LogP) is 1.28. The largest absolute Gasteiger partial charge is 0.369 e. The molecule has 1 aromatic rings. The fourth-order valence-electron chi connectivity index (χ4n) is 1.48. The minimum absolute atomic E-state index is 0.130. The number of amides is 1. The zero-order valence-electron chi connectivity index (χ0n) is 11.4. The number of nitrogens with zero attached hydrogens (tertiary/aromatic N) is 2. The highest BCUT2D eigenvalue weighted by Crippen LogP contribution is 2.16. The van der Waals surface area contributed by atoms with Crippen LogP contribution in [0, 0.1) is 13.8 Å². The van der Waals surface area contributed by atoms with Gasteiger partial charge in [0, 0.05) is 11.4 Å². The van der Waals surface area contributed by atoms with Crippen molar-refractivity contribution in [1.29, 1.82) is 0 Å². The molecular formula is C13H19N5O. The Balaban J connectivity index is 2.68. The van der Waals surface area contributed by atoms with Crippen molar-refractivity contribution in [1.82, 2.24) is 0 Å². The summed E-state index contributed by atoms with van der Waals surface area (Å²) in [6, 6.07) is 5.89. The van der Waals surface area contributed by atoms with Crippen molar-refractivity contribution in [2.24, 2.45) is 21.7 Å². The zero-order valence-corrected chi connectivity index (χ0v) is 11.4. The lowest BCUT2D eigenvalue weighted by molar-refractivity contribution is -0.115. The van der Waals surface area contributed by atoms with Crippen molar-refractivity contribution < 1.29 is 4.79 Å². The van der Waals surface area contributed by atoms with Gasteiger partial charge >= 0.3 is 0 Å². The number of carbonyl (C=O) groups is 1. The minimum Gasteiger partial charge on any atom is -0.369 e. The standard InChI is InChI=1S/C13H19N5O/c1-8-4-5-9(2)11(6-8)16-12(19)7-10(3)17-18-13(14)15/h4-6H,7H2,1-3H3,(H,16,19)(H4,14,15,18)/b17-10-. The van der Waals surface area contributed by atoms with E-state index in [0.29, 0.717) is 5.71 Å². The number of nitrogens with two attached hydrogens (primary N) is 2. The van der Waals surface area contributed by atoms with Crippen LogP contribution in [0.4, 0.5) is 5.69 Å². The molecule has 0 bridgehead atoms. The molecule has 19 heavy (non-hydrogen) atoms. The monoisotopic (exact) mass is 261 g/mol. The average molecular weight is 261 g/mol. The van der Waals surface area contributed by atoms with Gasteiger partial charge in [-0.25, -0.2) is 0 Å². The quantitative estimate of drug-likeness (QED) is 0.432. The molecule has 1 rings (SSSR count). The Morgan fingerprint density at radius 3 is 2.58 bits per heavy atom. The summed E-state index contributed by atoms with van der Waals surface area (Å²) >= 11 is 0. The third-order valence-electron chi connectivity index (χ3n) is 2.42. The van der Waals surface area contributed by atoms with Crippen molar-refractivity contribution in [3.63, 3.8) is 0 Å². The van der Waals surface area contributed by atoms with E-state index in [-0.39, 0.29) is 18.3 Å². The lowest BCUT2D eigenvalue weighted by atomic mass is 10.1. The first-order valence-corrected chi connectivity index (χ1v) is 5.87. The van der Waals surface area contributed by atoms with Crippen LogP contribution in [0.5, 0.6) is 0 Å². The second kappa shape index (κ2) is 6.53. The van der Waals surface area contributed by atoms with Crippen LogP contribution in [0.1, 0.15) is 24.5 Å². The lowest BCUT2D eigenvalue weighted by Gasteiger charge is -2.08. The van der Waals surface area contributed by atoms with Gasteiger partial charge in [0.2, 0.25) is 11.9 Å². The van der Waals surface area contributed by atoms with Crippen LogP contribution in [0.25, 0.3) is 0 Å². The minimum atomic E-state index is -0.152. The Hall–Kier alpha value is -2.37. The van der Waals surface area contributed by atoms with Gasteiger partial charge in [0.25, 0.3) is 0 Å². The number of aryl methyl sites for hydroxylation is 2. The summed E-state index contributed by atoms with van der Waals surface area (Å²) in [6.07, 6.45) is 0.143. The van der Waals surface area contributed by atoms with Crippen LogP contribution in [0.3, 0.4) is 0 Å². The van der Waals surface area contributed by atoms with Crippen LogP contribution in [-0.4, -0.2) is 17.6 Å². The highest BCUT2D eigenvalue weighted by atomic mass is 16.1. The van der Waals surface area contributed by atoms with Gasteiger partial charge in [-0.1, -0.05) is 12.1 Å². The molecule has 6 heteroatoms. The fraction of sp³-hybridized carbons (Fsp3) is 0.308. The van der Waals surface area contributed by atoms with Crippen LogP contribution >= 0.6 is 0 Å². The molecule has 0 aliphatic heterocycles.